The van der Waals surface area contributed by atoms with Crippen LogP contribution in [0.15, 0.2) is 9.59 Å². The van der Waals surface area contributed by atoms with Gasteiger partial charge in [0, 0.05) is 25.0 Å². The Morgan fingerprint density at radius 2 is 2.03 bits per heavy atom. The molecule has 3 N–H and O–H groups in total. The fraction of sp³-hybridized carbons (Fsp3) is 0.667. The SMILES string of the molecule is COC1=c2c(c(=O)[nH]c(=O)n2C2CC2)=CC(F)C1N1CC(CN)C(OC(F)F)C1. The molecule has 4 atom stereocenters. The summed E-state index contributed by atoms with van der Waals surface area (Å²) in [5, 5.41) is 0.303. The van der Waals surface area contributed by atoms with Crippen molar-refractivity contribution in [2.45, 2.75) is 43.8 Å². The highest BCUT2D eigenvalue weighted by Gasteiger charge is 2.44. The molecule has 4 unspecified atom stereocenters. The average molecular weight is 416 g/mol. The molecule has 0 radical (unpaired) electrons. The van der Waals surface area contributed by atoms with Gasteiger partial charge in [0.05, 0.1) is 23.8 Å². The van der Waals surface area contributed by atoms with Gasteiger partial charge in [-0.25, -0.2) is 9.18 Å². The minimum absolute atomic E-state index is 0.0319. The third-order valence-electron chi connectivity index (χ3n) is 5.82. The summed E-state index contributed by atoms with van der Waals surface area (Å²) in [5.74, 6) is -0.265. The highest BCUT2D eigenvalue weighted by atomic mass is 19.3. The number of likely N-dealkylation sites (tertiary alicyclic amines) is 1. The summed E-state index contributed by atoms with van der Waals surface area (Å²) in [6.45, 7) is -2.60. The quantitative estimate of drug-likeness (QED) is 0.593. The van der Waals surface area contributed by atoms with Crippen LogP contribution in [0.4, 0.5) is 13.2 Å². The first-order valence-corrected chi connectivity index (χ1v) is 9.52. The van der Waals surface area contributed by atoms with Crippen molar-refractivity contribution < 1.29 is 22.6 Å². The van der Waals surface area contributed by atoms with Crippen LogP contribution in [0, 0.1) is 5.92 Å². The van der Waals surface area contributed by atoms with Crippen molar-refractivity contribution in [1.82, 2.24) is 14.5 Å². The number of ether oxygens (including phenoxy) is 2. The van der Waals surface area contributed by atoms with Crippen molar-refractivity contribution in [3.05, 3.63) is 31.4 Å². The van der Waals surface area contributed by atoms with Gasteiger partial charge in [0.25, 0.3) is 5.56 Å². The molecular formula is C18H23F3N4O4. The minimum Gasteiger partial charge on any atom is -0.497 e. The molecule has 0 aromatic carbocycles. The summed E-state index contributed by atoms with van der Waals surface area (Å²) in [4.78, 5) is 28.6. The molecule has 1 aliphatic heterocycles. The maximum absolute atomic E-state index is 15.2. The standard InChI is InChI=1S/C18H23F3N4O4/c1-28-15-13-10(16(26)23-18(27)25(13)9-2-3-9)4-11(19)14(15)24-6-8(5-22)12(7-24)29-17(20)21/h4,8-9,11-12,14,17H,2-3,5-7,22H2,1H3,(H,23,26,27). The van der Waals surface area contributed by atoms with Crippen LogP contribution in [0.2, 0.25) is 0 Å². The zero-order valence-corrected chi connectivity index (χ0v) is 15.8. The van der Waals surface area contributed by atoms with Crippen LogP contribution < -0.4 is 27.6 Å². The minimum atomic E-state index is -2.96. The number of nitrogens with two attached hydrogens (primary N) is 1. The van der Waals surface area contributed by atoms with Gasteiger partial charge in [-0.1, -0.05) is 0 Å². The number of fused-ring (bicyclic) bond motifs is 1. The number of aromatic nitrogens is 2. The number of halogens is 3. The number of nitrogens with one attached hydrogen (secondary N) is 1. The fourth-order valence-electron chi connectivity index (χ4n) is 4.38. The number of hydrogen-bond acceptors (Lipinski definition) is 6. The number of nitrogens with zero attached hydrogens (tertiary/aromatic N) is 2. The first-order chi connectivity index (χ1) is 13.8. The van der Waals surface area contributed by atoms with Gasteiger partial charge >= 0.3 is 12.3 Å². The lowest BCUT2D eigenvalue weighted by Gasteiger charge is -2.32. The molecule has 0 spiro atoms. The maximum Gasteiger partial charge on any atom is 0.345 e. The Hall–Kier alpha value is -2.11. The van der Waals surface area contributed by atoms with Crippen LogP contribution in [0.25, 0.3) is 11.8 Å². The molecule has 1 aromatic rings. The molecule has 29 heavy (non-hydrogen) atoms. The van der Waals surface area contributed by atoms with Gasteiger partial charge in [0.2, 0.25) is 0 Å². The first kappa shape index (κ1) is 20.2. The molecule has 8 nitrogen and oxygen atoms in total. The van der Waals surface area contributed by atoms with Gasteiger partial charge in [0.15, 0.2) is 0 Å². The predicted octanol–water partition coefficient (Wildman–Crippen LogP) is -1.37. The van der Waals surface area contributed by atoms with E-state index in [1.807, 2.05) is 0 Å². The second kappa shape index (κ2) is 7.62. The highest BCUT2D eigenvalue weighted by molar-refractivity contribution is 5.53. The summed E-state index contributed by atoms with van der Waals surface area (Å²) in [6, 6.07) is -1.06. The largest absolute Gasteiger partial charge is 0.497 e. The molecular weight excluding hydrogens is 393 g/mol. The molecule has 2 fully saturated rings. The summed E-state index contributed by atoms with van der Waals surface area (Å²) in [6.07, 6.45) is 0.215. The Bertz CT molecular complexity index is 1020. The Labute approximate surface area is 163 Å². The summed E-state index contributed by atoms with van der Waals surface area (Å²) >= 11 is 0. The van der Waals surface area contributed by atoms with Crippen molar-refractivity contribution in [2.24, 2.45) is 11.7 Å². The van der Waals surface area contributed by atoms with Gasteiger partial charge in [-0.3, -0.25) is 19.2 Å². The summed E-state index contributed by atoms with van der Waals surface area (Å²) in [7, 11) is 1.34. The Morgan fingerprint density at radius 1 is 1.31 bits per heavy atom. The molecule has 0 amide bonds. The topological polar surface area (TPSA) is 103 Å². The van der Waals surface area contributed by atoms with Crippen LogP contribution in [-0.2, 0) is 9.47 Å². The molecule has 3 aliphatic rings. The third-order valence-corrected chi connectivity index (χ3v) is 5.82. The fourth-order valence-corrected chi connectivity index (χ4v) is 4.38. The summed E-state index contributed by atoms with van der Waals surface area (Å²) in [5.41, 5.74) is 4.44. The number of rotatable bonds is 6. The predicted molar refractivity (Wildman–Crippen MR) is 97.4 cm³/mol. The van der Waals surface area contributed by atoms with E-state index in [-0.39, 0.29) is 42.0 Å². The molecule has 1 aromatic heterocycles. The Balaban J connectivity index is 1.83. The molecule has 2 heterocycles. The Morgan fingerprint density at radius 3 is 2.62 bits per heavy atom. The van der Waals surface area contributed by atoms with Crippen LogP contribution in [0.5, 0.6) is 0 Å². The van der Waals surface area contributed by atoms with Crippen molar-refractivity contribution >= 4 is 11.8 Å². The second-order valence-electron chi connectivity index (χ2n) is 7.63. The van der Waals surface area contributed by atoms with Crippen LogP contribution in [0.1, 0.15) is 18.9 Å². The highest BCUT2D eigenvalue weighted by Crippen LogP contribution is 2.33. The number of aromatic amines is 1. The number of H-pyrrole nitrogens is 1. The van der Waals surface area contributed by atoms with E-state index in [1.54, 1.807) is 4.90 Å². The van der Waals surface area contributed by atoms with Gasteiger partial charge in [-0.05, 0) is 25.5 Å². The lowest BCUT2D eigenvalue weighted by molar-refractivity contribution is -0.167. The zero-order chi connectivity index (χ0) is 20.9. The molecule has 1 saturated carbocycles. The molecule has 4 rings (SSSR count). The molecule has 11 heteroatoms. The van der Waals surface area contributed by atoms with Crippen molar-refractivity contribution in [3.63, 3.8) is 0 Å². The monoisotopic (exact) mass is 416 g/mol. The average Bonchev–Trinajstić information content (AvgIpc) is 3.41. The zero-order valence-electron chi connectivity index (χ0n) is 15.8. The molecule has 0 bridgehead atoms. The molecule has 160 valence electrons. The second-order valence-corrected chi connectivity index (χ2v) is 7.63. The van der Waals surface area contributed by atoms with Gasteiger partial charge in [-0.15, -0.1) is 0 Å². The van der Waals surface area contributed by atoms with Gasteiger partial charge < -0.3 is 15.2 Å². The van der Waals surface area contributed by atoms with E-state index in [4.69, 9.17) is 10.5 Å². The summed E-state index contributed by atoms with van der Waals surface area (Å²) < 4.78 is 52.3. The van der Waals surface area contributed by atoms with Crippen LogP contribution in [-0.4, -0.2) is 66.1 Å². The van der Waals surface area contributed by atoms with E-state index in [0.717, 1.165) is 12.8 Å². The Kier molecular flexibility index (Phi) is 5.30. The van der Waals surface area contributed by atoms with Crippen molar-refractivity contribution in [2.75, 3.05) is 26.7 Å². The van der Waals surface area contributed by atoms with Crippen molar-refractivity contribution in [1.29, 1.82) is 0 Å². The van der Waals surface area contributed by atoms with Gasteiger partial charge in [0.1, 0.15) is 18.0 Å². The van der Waals surface area contributed by atoms with Crippen LogP contribution >= 0.6 is 0 Å². The lowest BCUT2D eigenvalue weighted by Crippen LogP contribution is -2.60. The lowest BCUT2D eigenvalue weighted by atomic mass is 10.0. The van der Waals surface area contributed by atoms with E-state index in [9.17, 15) is 18.4 Å². The van der Waals surface area contributed by atoms with Crippen LogP contribution in [0.3, 0.4) is 0 Å². The van der Waals surface area contributed by atoms with E-state index in [1.165, 1.54) is 17.8 Å². The first-order valence-electron chi connectivity index (χ1n) is 9.52. The third kappa shape index (κ3) is 3.51. The number of alkyl halides is 3. The van der Waals surface area contributed by atoms with E-state index >= 15 is 4.39 Å². The molecule has 2 aliphatic carbocycles. The van der Waals surface area contributed by atoms with Gasteiger partial charge in [-0.2, -0.15) is 8.78 Å². The molecule has 1 saturated heterocycles. The van der Waals surface area contributed by atoms with Crippen molar-refractivity contribution in [3.8, 4) is 0 Å². The number of methoxy groups -OCH3 is 1. The van der Waals surface area contributed by atoms with E-state index in [2.05, 4.69) is 9.72 Å². The normalized spacial score (nSPS) is 29.8. The number of hydrogen-bond donors (Lipinski definition) is 2. The van der Waals surface area contributed by atoms with E-state index in [0.29, 0.717) is 0 Å². The smallest absolute Gasteiger partial charge is 0.345 e. The maximum atomic E-state index is 15.2. The van der Waals surface area contributed by atoms with E-state index < -0.39 is 42.1 Å².